The molecule has 0 unspecified atom stereocenters. The van der Waals surface area contributed by atoms with Crippen molar-refractivity contribution >= 4 is 40.0 Å². The molecular weight excluding hydrogens is 444 g/mol. The normalized spacial score (nSPS) is 14.5. The summed E-state index contributed by atoms with van der Waals surface area (Å²) in [6.07, 6.45) is 1.30. The maximum absolute atomic E-state index is 13.3. The number of hydrogen-bond donors (Lipinski definition) is 1. The topological polar surface area (TPSA) is 88.3 Å². The van der Waals surface area contributed by atoms with Crippen molar-refractivity contribution in [3.8, 4) is 0 Å². The number of rotatable bonds is 6. The first kappa shape index (κ1) is 22.5. The molecule has 1 aromatic carbocycles. The van der Waals surface area contributed by atoms with Crippen LogP contribution < -0.4 is 5.32 Å². The Kier molecular flexibility index (Phi) is 6.95. The molecule has 0 bridgehead atoms. The van der Waals surface area contributed by atoms with Crippen LogP contribution in [0.1, 0.15) is 45.9 Å². The van der Waals surface area contributed by atoms with Gasteiger partial charge in [0, 0.05) is 40.6 Å². The van der Waals surface area contributed by atoms with E-state index in [0.29, 0.717) is 42.4 Å². The molecule has 0 radical (unpaired) electrons. The number of hydrogen-bond acceptors (Lipinski definition) is 7. The summed E-state index contributed by atoms with van der Waals surface area (Å²) < 4.78 is 5.25. The number of carbonyl (C=O) groups is 2. The summed E-state index contributed by atoms with van der Waals surface area (Å²) in [6.45, 7) is 6.87. The second-order valence-corrected chi connectivity index (χ2v) is 9.81. The Labute approximate surface area is 195 Å². The molecule has 1 aliphatic heterocycles. The van der Waals surface area contributed by atoms with E-state index in [1.807, 2.05) is 55.3 Å². The summed E-state index contributed by atoms with van der Waals surface area (Å²) in [6, 6.07) is 7.70. The van der Waals surface area contributed by atoms with Crippen molar-refractivity contribution in [2.45, 2.75) is 44.3 Å². The van der Waals surface area contributed by atoms with Crippen LogP contribution in [0.3, 0.4) is 0 Å². The molecule has 3 aromatic rings. The van der Waals surface area contributed by atoms with E-state index in [2.05, 4.69) is 15.5 Å². The third kappa shape index (κ3) is 5.05. The lowest BCUT2D eigenvalue weighted by Crippen LogP contribution is -2.41. The number of likely N-dealkylation sites (tertiary alicyclic amines) is 1. The van der Waals surface area contributed by atoms with Gasteiger partial charge in [0.05, 0.1) is 17.0 Å². The smallest absolute Gasteiger partial charge is 0.254 e. The van der Waals surface area contributed by atoms with E-state index in [0.717, 1.165) is 27.6 Å². The van der Waals surface area contributed by atoms with Crippen molar-refractivity contribution in [2.75, 3.05) is 18.4 Å². The highest BCUT2D eigenvalue weighted by Crippen LogP contribution is 2.30. The largest absolute Gasteiger partial charge is 0.361 e. The highest BCUT2D eigenvalue weighted by molar-refractivity contribution is 7.98. The van der Waals surface area contributed by atoms with Crippen LogP contribution in [-0.2, 0) is 10.5 Å². The lowest BCUT2D eigenvalue weighted by Gasteiger charge is -2.31. The molecule has 1 fully saturated rings. The Bertz CT molecular complexity index is 1100. The lowest BCUT2D eigenvalue weighted by molar-refractivity contribution is -0.121. The van der Waals surface area contributed by atoms with E-state index < -0.39 is 0 Å². The van der Waals surface area contributed by atoms with Gasteiger partial charge in [-0.2, -0.15) is 0 Å². The summed E-state index contributed by atoms with van der Waals surface area (Å²) in [5, 5.41) is 9.46. The van der Waals surface area contributed by atoms with E-state index in [-0.39, 0.29) is 17.7 Å². The molecule has 32 heavy (non-hydrogen) atoms. The lowest BCUT2D eigenvalue weighted by atomic mass is 9.95. The maximum atomic E-state index is 13.3. The predicted octanol–water partition coefficient (Wildman–Crippen LogP) is 4.84. The second-order valence-electron chi connectivity index (χ2n) is 7.94. The molecule has 4 rings (SSSR count). The van der Waals surface area contributed by atoms with Gasteiger partial charge >= 0.3 is 0 Å². The number of nitrogens with one attached hydrogen (secondary N) is 1. The fraction of sp³-hybridized carbons (Fsp3) is 0.391. The summed E-state index contributed by atoms with van der Waals surface area (Å²) in [5.41, 5.74) is 3.55. The van der Waals surface area contributed by atoms with Crippen LogP contribution in [0.5, 0.6) is 0 Å². The number of piperidine rings is 1. The van der Waals surface area contributed by atoms with Gasteiger partial charge in [-0.1, -0.05) is 17.3 Å². The fourth-order valence-electron chi connectivity index (χ4n) is 3.76. The van der Waals surface area contributed by atoms with Crippen molar-refractivity contribution < 1.29 is 14.1 Å². The SMILES string of the molecule is Cc1csc(NC(=O)C2CCN(C(=O)c3ccccc3SCc3c(C)noc3C)CC2)n1. The minimum Gasteiger partial charge on any atom is -0.361 e. The average molecular weight is 471 g/mol. The highest BCUT2D eigenvalue weighted by atomic mass is 32.2. The molecule has 7 nitrogen and oxygen atoms in total. The van der Waals surface area contributed by atoms with Gasteiger partial charge in [-0.15, -0.1) is 23.1 Å². The summed E-state index contributed by atoms with van der Waals surface area (Å²) >= 11 is 3.05. The number of aromatic nitrogens is 2. The van der Waals surface area contributed by atoms with E-state index >= 15 is 0 Å². The van der Waals surface area contributed by atoms with E-state index in [1.54, 1.807) is 11.8 Å². The minimum atomic E-state index is -0.104. The molecule has 1 aliphatic rings. The van der Waals surface area contributed by atoms with Crippen LogP contribution >= 0.6 is 23.1 Å². The fourth-order valence-corrected chi connectivity index (χ4v) is 5.65. The molecule has 0 spiro atoms. The molecule has 0 saturated carbocycles. The second kappa shape index (κ2) is 9.87. The van der Waals surface area contributed by atoms with Gasteiger partial charge in [0.1, 0.15) is 5.76 Å². The zero-order valence-electron chi connectivity index (χ0n) is 18.4. The highest BCUT2D eigenvalue weighted by Gasteiger charge is 2.29. The van der Waals surface area contributed by atoms with Crippen molar-refractivity contribution in [2.24, 2.45) is 5.92 Å². The van der Waals surface area contributed by atoms with Gasteiger partial charge in [-0.05, 0) is 45.7 Å². The third-order valence-corrected chi connectivity index (χ3v) is 7.65. The zero-order chi connectivity index (χ0) is 22.7. The first-order valence-corrected chi connectivity index (χ1v) is 12.4. The first-order chi connectivity index (χ1) is 15.4. The molecular formula is C23H26N4O3S2. The Hall–Kier alpha value is -2.65. The number of amides is 2. The van der Waals surface area contributed by atoms with E-state index in [9.17, 15) is 9.59 Å². The van der Waals surface area contributed by atoms with Crippen molar-refractivity contribution in [1.29, 1.82) is 0 Å². The molecule has 2 amide bonds. The average Bonchev–Trinajstić information content (AvgIpc) is 3.36. The van der Waals surface area contributed by atoms with Crippen LogP contribution in [0.15, 0.2) is 39.1 Å². The Morgan fingerprint density at radius 2 is 1.97 bits per heavy atom. The van der Waals surface area contributed by atoms with Crippen LogP contribution in [0.4, 0.5) is 5.13 Å². The number of thioether (sulfide) groups is 1. The number of aryl methyl sites for hydroxylation is 3. The quantitative estimate of drug-likeness (QED) is 0.519. The first-order valence-electron chi connectivity index (χ1n) is 10.6. The van der Waals surface area contributed by atoms with Gasteiger partial charge in [-0.25, -0.2) is 4.98 Å². The maximum Gasteiger partial charge on any atom is 0.254 e. The van der Waals surface area contributed by atoms with Crippen LogP contribution in [-0.4, -0.2) is 39.9 Å². The zero-order valence-corrected chi connectivity index (χ0v) is 20.0. The number of nitrogens with zero attached hydrogens (tertiary/aromatic N) is 3. The Balaban J connectivity index is 1.36. The molecule has 2 aromatic heterocycles. The van der Waals surface area contributed by atoms with Gasteiger partial charge in [-0.3, -0.25) is 9.59 Å². The molecule has 1 N–H and O–H groups in total. The monoisotopic (exact) mass is 470 g/mol. The molecule has 1 saturated heterocycles. The van der Waals surface area contributed by atoms with Crippen molar-refractivity contribution in [3.63, 3.8) is 0 Å². The predicted molar refractivity (Wildman–Crippen MR) is 126 cm³/mol. The Morgan fingerprint density at radius 3 is 2.62 bits per heavy atom. The summed E-state index contributed by atoms with van der Waals surface area (Å²) in [7, 11) is 0. The molecule has 0 atom stereocenters. The standard InChI is InChI=1S/C23H26N4O3S2/c1-14-12-32-23(24-14)25-21(28)17-8-10-27(11-9-17)22(29)18-6-4-5-7-20(18)31-13-19-15(2)26-30-16(19)3/h4-7,12,17H,8-11,13H2,1-3H3,(H,24,25,28). The Morgan fingerprint density at radius 1 is 1.22 bits per heavy atom. The number of thiazole rings is 1. The van der Waals surface area contributed by atoms with Crippen molar-refractivity contribution in [1.82, 2.24) is 15.0 Å². The van der Waals surface area contributed by atoms with Gasteiger partial charge in [0.25, 0.3) is 5.91 Å². The molecule has 168 valence electrons. The van der Waals surface area contributed by atoms with Crippen LogP contribution in [0, 0.1) is 26.7 Å². The molecule has 0 aliphatic carbocycles. The third-order valence-electron chi connectivity index (χ3n) is 5.67. The van der Waals surface area contributed by atoms with Crippen molar-refractivity contribution in [3.05, 3.63) is 57.9 Å². The van der Waals surface area contributed by atoms with Gasteiger partial charge in [0.2, 0.25) is 5.91 Å². The minimum absolute atomic E-state index is 0.0122. The number of carbonyl (C=O) groups excluding carboxylic acids is 2. The van der Waals surface area contributed by atoms with E-state index in [4.69, 9.17) is 4.52 Å². The van der Waals surface area contributed by atoms with E-state index in [1.165, 1.54) is 11.3 Å². The summed E-state index contributed by atoms with van der Waals surface area (Å²) in [5.74, 6) is 1.41. The van der Waals surface area contributed by atoms with Crippen LogP contribution in [0.25, 0.3) is 0 Å². The number of anilines is 1. The summed E-state index contributed by atoms with van der Waals surface area (Å²) in [4.78, 5) is 32.9. The van der Waals surface area contributed by atoms with Gasteiger partial charge < -0.3 is 14.7 Å². The molecule has 9 heteroatoms. The van der Waals surface area contributed by atoms with Crippen LogP contribution in [0.2, 0.25) is 0 Å². The van der Waals surface area contributed by atoms with Gasteiger partial charge in [0.15, 0.2) is 5.13 Å². The number of benzene rings is 1. The molecule has 3 heterocycles.